The number of methoxy groups -OCH3 is 1. The SMILES string of the molecule is COC1=CC(=O)N(C(=O)/C=C/[C@@H](CCc2ccccc2)NC(=O)[C@H](CC(C)C)NC(=O)[C@H](CC(C)C)NC(=O)[C@H](C(C)C)N(C)C)C1Cc1ccc(-c2ccccc2)cc1. The molecule has 0 aromatic heterocycles. The lowest BCUT2D eigenvalue weighted by molar-refractivity contribution is -0.139. The zero-order valence-electron chi connectivity index (χ0n) is 36.8. The number of hydrogen-bond acceptors (Lipinski definition) is 7. The third kappa shape index (κ3) is 13.8. The van der Waals surface area contributed by atoms with Crippen LogP contribution < -0.4 is 16.0 Å². The minimum absolute atomic E-state index is 0.0142. The second-order valence-electron chi connectivity index (χ2n) is 17.1. The standard InChI is InChI=1S/C49H65N5O6/c1-32(2)28-40(51-48(58)41(29-33(3)4)52-49(59)46(34(5)6)53(7)8)47(57)50-39(25-22-35-16-12-10-13-17-35)26-27-44(55)54-42(43(60-9)31-45(54)56)30-36-20-23-38(24-21-36)37-18-14-11-15-19-37/h10-21,23-24,26-27,31-34,39-42,46H,22,25,28-30H2,1-9H3,(H,50,57)(H,51,58)(H,52,59)/b27-26+/t39-,40+,41+,42?,46+/m1/s1. The van der Waals surface area contributed by atoms with Crippen LogP contribution in [0.2, 0.25) is 0 Å². The second kappa shape index (κ2) is 22.7. The molecule has 3 aromatic carbocycles. The van der Waals surface area contributed by atoms with E-state index in [-0.39, 0.29) is 23.7 Å². The molecule has 322 valence electrons. The number of benzene rings is 3. The first kappa shape index (κ1) is 47.1. The first-order valence-corrected chi connectivity index (χ1v) is 21.1. The molecule has 4 rings (SSSR count). The van der Waals surface area contributed by atoms with E-state index in [2.05, 4.69) is 16.0 Å². The average molecular weight is 820 g/mol. The van der Waals surface area contributed by atoms with Gasteiger partial charge in [-0.3, -0.25) is 33.8 Å². The largest absolute Gasteiger partial charge is 0.499 e. The number of hydrogen-bond donors (Lipinski definition) is 3. The van der Waals surface area contributed by atoms with Gasteiger partial charge in [0.1, 0.15) is 23.9 Å². The molecule has 3 N–H and O–H groups in total. The quantitative estimate of drug-likeness (QED) is 0.105. The van der Waals surface area contributed by atoms with Gasteiger partial charge in [-0.2, -0.15) is 0 Å². The van der Waals surface area contributed by atoms with Crippen molar-refractivity contribution in [1.29, 1.82) is 0 Å². The molecule has 0 saturated heterocycles. The lowest BCUT2D eigenvalue weighted by Crippen LogP contribution is -2.57. The number of carbonyl (C=O) groups excluding carboxylic acids is 5. The molecule has 0 aliphatic carbocycles. The van der Waals surface area contributed by atoms with Gasteiger partial charge in [-0.15, -0.1) is 0 Å². The van der Waals surface area contributed by atoms with Crippen molar-refractivity contribution in [3.8, 4) is 11.1 Å². The van der Waals surface area contributed by atoms with Gasteiger partial charge in [0.25, 0.3) is 11.8 Å². The summed E-state index contributed by atoms with van der Waals surface area (Å²) in [6.07, 6.45) is 6.45. The summed E-state index contributed by atoms with van der Waals surface area (Å²) in [5.74, 6) is -1.55. The van der Waals surface area contributed by atoms with Crippen molar-refractivity contribution < 1.29 is 28.7 Å². The third-order valence-corrected chi connectivity index (χ3v) is 10.6. The van der Waals surface area contributed by atoms with E-state index in [1.165, 1.54) is 24.2 Å². The molecule has 1 unspecified atom stereocenters. The Labute approximate surface area is 357 Å². The van der Waals surface area contributed by atoms with Gasteiger partial charge in [0.15, 0.2) is 0 Å². The van der Waals surface area contributed by atoms with Crippen LogP contribution in [0.1, 0.15) is 71.9 Å². The van der Waals surface area contributed by atoms with Gasteiger partial charge < -0.3 is 20.7 Å². The highest BCUT2D eigenvalue weighted by Crippen LogP contribution is 2.26. The van der Waals surface area contributed by atoms with Gasteiger partial charge in [-0.05, 0) is 79.8 Å². The molecule has 0 fully saturated rings. The number of ether oxygens (including phenoxy) is 1. The Balaban J connectivity index is 1.55. The highest BCUT2D eigenvalue weighted by Gasteiger charge is 2.38. The summed E-state index contributed by atoms with van der Waals surface area (Å²) in [4.78, 5) is 71.8. The van der Waals surface area contributed by atoms with Gasteiger partial charge in [-0.1, -0.05) is 133 Å². The van der Waals surface area contributed by atoms with E-state index in [1.807, 2.05) is 145 Å². The van der Waals surface area contributed by atoms with Crippen LogP contribution in [0.25, 0.3) is 11.1 Å². The number of likely N-dealkylation sites (N-methyl/N-ethyl adjacent to an activating group) is 1. The predicted octanol–water partition coefficient (Wildman–Crippen LogP) is 6.49. The molecule has 1 aliphatic rings. The smallest absolute Gasteiger partial charge is 0.257 e. The van der Waals surface area contributed by atoms with Crippen LogP contribution in [0.4, 0.5) is 0 Å². The van der Waals surface area contributed by atoms with Crippen LogP contribution in [0.5, 0.6) is 0 Å². The van der Waals surface area contributed by atoms with Gasteiger partial charge in [0.05, 0.1) is 13.2 Å². The molecule has 5 atom stereocenters. The highest BCUT2D eigenvalue weighted by molar-refractivity contribution is 6.08. The van der Waals surface area contributed by atoms with Crippen molar-refractivity contribution in [2.45, 2.75) is 104 Å². The second-order valence-corrected chi connectivity index (χ2v) is 17.1. The Bertz CT molecular complexity index is 1930. The summed E-state index contributed by atoms with van der Waals surface area (Å²) in [5, 5.41) is 9.01. The number of nitrogens with zero attached hydrogens (tertiary/aromatic N) is 2. The Hall–Kier alpha value is -5.55. The monoisotopic (exact) mass is 819 g/mol. The molecule has 0 spiro atoms. The van der Waals surface area contributed by atoms with Crippen LogP contribution in [-0.4, -0.2) is 90.8 Å². The first-order chi connectivity index (χ1) is 28.6. The van der Waals surface area contributed by atoms with Crippen molar-refractivity contribution >= 4 is 29.5 Å². The van der Waals surface area contributed by atoms with Gasteiger partial charge in [0.2, 0.25) is 17.7 Å². The third-order valence-electron chi connectivity index (χ3n) is 10.6. The van der Waals surface area contributed by atoms with E-state index < -0.39 is 53.8 Å². The Morgan fingerprint density at radius 3 is 1.78 bits per heavy atom. The summed E-state index contributed by atoms with van der Waals surface area (Å²) in [7, 11) is 5.16. The minimum atomic E-state index is -0.909. The molecule has 0 bridgehead atoms. The van der Waals surface area contributed by atoms with Crippen molar-refractivity contribution in [3.63, 3.8) is 0 Å². The van der Waals surface area contributed by atoms with E-state index in [0.29, 0.717) is 37.9 Å². The predicted molar refractivity (Wildman–Crippen MR) is 237 cm³/mol. The number of amides is 5. The maximum absolute atomic E-state index is 14.2. The molecule has 0 saturated carbocycles. The van der Waals surface area contributed by atoms with Crippen LogP contribution in [0.15, 0.2) is 109 Å². The summed E-state index contributed by atoms with van der Waals surface area (Å²) >= 11 is 0. The van der Waals surface area contributed by atoms with E-state index in [4.69, 9.17) is 4.74 Å². The van der Waals surface area contributed by atoms with Crippen LogP contribution >= 0.6 is 0 Å². The van der Waals surface area contributed by atoms with Gasteiger partial charge >= 0.3 is 0 Å². The fraction of sp³-hybridized carbons (Fsp3) is 0.449. The van der Waals surface area contributed by atoms with Crippen molar-refractivity contribution in [2.75, 3.05) is 21.2 Å². The lowest BCUT2D eigenvalue weighted by Gasteiger charge is -2.30. The van der Waals surface area contributed by atoms with Crippen molar-refractivity contribution in [3.05, 3.63) is 120 Å². The number of rotatable bonds is 21. The number of nitrogens with one attached hydrogen (secondary N) is 3. The topological polar surface area (TPSA) is 137 Å². The maximum Gasteiger partial charge on any atom is 0.257 e. The molecular formula is C49H65N5O6. The summed E-state index contributed by atoms with van der Waals surface area (Å²) in [5.41, 5.74) is 4.12. The summed E-state index contributed by atoms with van der Waals surface area (Å²) in [6, 6.07) is 24.4. The van der Waals surface area contributed by atoms with Crippen molar-refractivity contribution in [1.82, 2.24) is 25.8 Å². The minimum Gasteiger partial charge on any atom is -0.499 e. The molecule has 1 heterocycles. The maximum atomic E-state index is 14.2. The number of imide groups is 1. The fourth-order valence-corrected chi connectivity index (χ4v) is 7.72. The van der Waals surface area contributed by atoms with E-state index >= 15 is 0 Å². The van der Waals surface area contributed by atoms with E-state index in [1.54, 1.807) is 6.08 Å². The van der Waals surface area contributed by atoms with E-state index in [0.717, 1.165) is 22.3 Å². The zero-order valence-corrected chi connectivity index (χ0v) is 36.8. The normalized spacial score (nSPS) is 16.2. The molecule has 11 nitrogen and oxygen atoms in total. The first-order valence-electron chi connectivity index (χ1n) is 21.1. The summed E-state index contributed by atoms with van der Waals surface area (Å²) in [6.45, 7) is 11.8. The van der Waals surface area contributed by atoms with Gasteiger partial charge in [-0.25, -0.2) is 0 Å². The Morgan fingerprint density at radius 2 is 1.25 bits per heavy atom. The molecule has 3 aromatic rings. The van der Waals surface area contributed by atoms with Crippen LogP contribution in [-0.2, 0) is 41.6 Å². The Morgan fingerprint density at radius 1 is 0.717 bits per heavy atom. The number of aryl methyl sites for hydroxylation is 1. The molecular weight excluding hydrogens is 755 g/mol. The van der Waals surface area contributed by atoms with Crippen LogP contribution in [0, 0.1) is 17.8 Å². The molecule has 1 aliphatic heterocycles. The van der Waals surface area contributed by atoms with Crippen LogP contribution in [0.3, 0.4) is 0 Å². The summed E-state index contributed by atoms with van der Waals surface area (Å²) < 4.78 is 5.59. The zero-order chi connectivity index (χ0) is 43.9. The molecule has 0 radical (unpaired) electrons. The highest BCUT2D eigenvalue weighted by atomic mass is 16.5. The lowest BCUT2D eigenvalue weighted by atomic mass is 9.98. The molecule has 5 amide bonds. The average Bonchev–Trinajstić information content (AvgIpc) is 3.52. The molecule has 60 heavy (non-hydrogen) atoms. The van der Waals surface area contributed by atoms with Crippen molar-refractivity contribution in [2.24, 2.45) is 17.8 Å². The van der Waals surface area contributed by atoms with Gasteiger partial charge in [0, 0.05) is 24.6 Å². The molecule has 11 heteroatoms. The number of carbonyl (C=O) groups is 5. The fourth-order valence-electron chi connectivity index (χ4n) is 7.72. The van der Waals surface area contributed by atoms with E-state index in [9.17, 15) is 24.0 Å². The Kier molecular flexibility index (Phi) is 17.8.